The van der Waals surface area contributed by atoms with Gasteiger partial charge in [-0.2, -0.15) is 4.31 Å². The molecule has 0 aromatic heterocycles. The fourth-order valence-electron chi connectivity index (χ4n) is 1.29. The summed E-state index contributed by atoms with van der Waals surface area (Å²) in [6.45, 7) is 9.98. The van der Waals surface area contributed by atoms with Crippen molar-refractivity contribution in [3.63, 3.8) is 0 Å². The fraction of sp³-hybridized carbons (Fsp3) is 1.00. The van der Waals surface area contributed by atoms with Crippen molar-refractivity contribution in [2.75, 3.05) is 39.5 Å². The smallest absolute Gasteiger partial charge is 0.216 e. The molecule has 0 atom stereocenters. The normalized spacial score (nSPS) is 12.6. The first-order valence-electron chi connectivity index (χ1n) is 6.11. The Kier molecular flexibility index (Phi) is 8.77. The van der Waals surface area contributed by atoms with Crippen LogP contribution in [0.3, 0.4) is 0 Å². The molecule has 0 amide bonds. The highest BCUT2D eigenvalue weighted by Gasteiger charge is 2.24. The predicted molar refractivity (Wildman–Crippen MR) is 68.6 cm³/mol. The van der Waals surface area contributed by atoms with Crippen molar-refractivity contribution in [2.45, 2.75) is 32.9 Å². The maximum Gasteiger partial charge on any atom is 0.216 e. The van der Waals surface area contributed by atoms with Crippen LogP contribution >= 0.6 is 0 Å². The number of rotatable bonds is 10. The Balaban J connectivity index is 4.39. The predicted octanol–water partition coefficient (Wildman–Crippen LogP) is 1.10. The number of ether oxygens (including phenoxy) is 2. The van der Waals surface area contributed by atoms with Gasteiger partial charge in [-0.3, -0.25) is 0 Å². The molecular formula is C11H25NO4S. The Morgan fingerprint density at radius 2 is 1.41 bits per heavy atom. The molecule has 0 aliphatic heterocycles. The van der Waals surface area contributed by atoms with Crippen molar-refractivity contribution >= 4 is 10.0 Å². The van der Waals surface area contributed by atoms with Gasteiger partial charge in [-0.1, -0.05) is 0 Å². The van der Waals surface area contributed by atoms with E-state index in [0.29, 0.717) is 39.5 Å². The quantitative estimate of drug-likeness (QED) is 0.556. The molecule has 6 heteroatoms. The first-order chi connectivity index (χ1) is 7.96. The summed E-state index contributed by atoms with van der Waals surface area (Å²) in [5.74, 6) is 0. The monoisotopic (exact) mass is 267 g/mol. The van der Waals surface area contributed by atoms with Crippen molar-refractivity contribution in [1.29, 1.82) is 0 Å². The zero-order chi connectivity index (χ0) is 13.3. The molecule has 17 heavy (non-hydrogen) atoms. The van der Waals surface area contributed by atoms with Crippen LogP contribution in [-0.4, -0.2) is 57.5 Å². The largest absolute Gasteiger partial charge is 0.380 e. The molecule has 0 N–H and O–H groups in total. The molecule has 0 radical (unpaired) electrons. The van der Waals surface area contributed by atoms with Crippen LogP contribution in [0.2, 0.25) is 0 Å². The van der Waals surface area contributed by atoms with Crippen LogP contribution < -0.4 is 0 Å². The minimum atomic E-state index is -3.23. The van der Waals surface area contributed by atoms with Crippen molar-refractivity contribution in [3.8, 4) is 0 Å². The Morgan fingerprint density at radius 1 is 1.00 bits per heavy atom. The zero-order valence-electron chi connectivity index (χ0n) is 11.3. The highest BCUT2D eigenvalue weighted by atomic mass is 32.2. The lowest BCUT2D eigenvalue weighted by Gasteiger charge is -2.24. The highest BCUT2D eigenvalue weighted by molar-refractivity contribution is 7.89. The van der Waals surface area contributed by atoms with E-state index in [4.69, 9.17) is 9.47 Å². The molecule has 0 heterocycles. The summed E-state index contributed by atoms with van der Waals surface area (Å²) in [6.07, 6.45) is 0. The van der Waals surface area contributed by atoms with Gasteiger partial charge in [0, 0.05) is 26.3 Å². The molecule has 0 spiro atoms. The van der Waals surface area contributed by atoms with E-state index >= 15 is 0 Å². The topological polar surface area (TPSA) is 55.8 Å². The number of sulfonamides is 1. The van der Waals surface area contributed by atoms with Crippen molar-refractivity contribution in [1.82, 2.24) is 4.31 Å². The second kappa shape index (κ2) is 8.85. The number of hydrogen-bond acceptors (Lipinski definition) is 4. The van der Waals surface area contributed by atoms with Crippen molar-refractivity contribution in [2.24, 2.45) is 0 Å². The second-order valence-electron chi connectivity index (χ2n) is 3.89. The highest BCUT2D eigenvalue weighted by Crippen LogP contribution is 2.08. The van der Waals surface area contributed by atoms with Crippen LogP contribution in [0.4, 0.5) is 0 Å². The molecule has 0 rings (SSSR count). The summed E-state index contributed by atoms with van der Waals surface area (Å²) in [7, 11) is -3.23. The van der Waals surface area contributed by atoms with Crippen LogP contribution in [-0.2, 0) is 19.5 Å². The lowest BCUT2D eigenvalue weighted by atomic mass is 10.6. The molecular weight excluding hydrogens is 242 g/mol. The standard InChI is InChI=1S/C11H25NO4S/c1-5-15-9-7-12(8-10-16-6-2)17(13,14)11(3)4/h11H,5-10H2,1-4H3. The van der Waals surface area contributed by atoms with Crippen LogP contribution in [0.25, 0.3) is 0 Å². The van der Waals surface area contributed by atoms with E-state index in [2.05, 4.69) is 0 Å². The number of nitrogens with zero attached hydrogens (tertiary/aromatic N) is 1. The van der Waals surface area contributed by atoms with Gasteiger partial charge >= 0.3 is 0 Å². The molecule has 0 bridgehead atoms. The van der Waals surface area contributed by atoms with Gasteiger partial charge < -0.3 is 9.47 Å². The van der Waals surface area contributed by atoms with E-state index in [1.807, 2.05) is 13.8 Å². The van der Waals surface area contributed by atoms with Crippen molar-refractivity contribution in [3.05, 3.63) is 0 Å². The molecule has 0 saturated carbocycles. The average molecular weight is 267 g/mol. The molecule has 0 aromatic carbocycles. The van der Waals surface area contributed by atoms with Gasteiger partial charge in [-0.15, -0.1) is 0 Å². The molecule has 0 aliphatic rings. The summed E-state index contributed by atoms with van der Waals surface area (Å²) in [6, 6.07) is 0. The van der Waals surface area contributed by atoms with Crippen LogP contribution in [0.1, 0.15) is 27.7 Å². The van der Waals surface area contributed by atoms with Gasteiger partial charge in [0.1, 0.15) is 0 Å². The average Bonchev–Trinajstić information content (AvgIpc) is 2.27. The molecule has 104 valence electrons. The van der Waals surface area contributed by atoms with E-state index in [9.17, 15) is 8.42 Å². The van der Waals surface area contributed by atoms with Gasteiger partial charge in [-0.05, 0) is 27.7 Å². The Morgan fingerprint density at radius 3 is 1.71 bits per heavy atom. The Bertz CT molecular complexity index is 267. The van der Waals surface area contributed by atoms with E-state index in [0.717, 1.165) is 0 Å². The van der Waals surface area contributed by atoms with Gasteiger partial charge in [0.25, 0.3) is 0 Å². The van der Waals surface area contributed by atoms with Crippen LogP contribution in [0.5, 0.6) is 0 Å². The van der Waals surface area contributed by atoms with Gasteiger partial charge in [0.2, 0.25) is 10.0 Å². The summed E-state index contributed by atoms with van der Waals surface area (Å²) in [5.41, 5.74) is 0. The molecule has 5 nitrogen and oxygen atoms in total. The molecule has 0 fully saturated rings. The first kappa shape index (κ1) is 16.8. The summed E-state index contributed by atoms with van der Waals surface area (Å²) >= 11 is 0. The minimum absolute atomic E-state index is 0.390. The third kappa shape index (κ3) is 6.35. The zero-order valence-corrected chi connectivity index (χ0v) is 12.1. The minimum Gasteiger partial charge on any atom is -0.380 e. The maximum absolute atomic E-state index is 12.0. The van der Waals surface area contributed by atoms with Crippen LogP contribution in [0.15, 0.2) is 0 Å². The van der Waals surface area contributed by atoms with Crippen LogP contribution in [0, 0.1) is 0 Å². The Labute approximate surface area is 105 Å². The number of hydrogen-bond donors (Lipinski definition) is 0. The summed E-state index contributed by atoms with van der Waals surface area (Å²) < 4.78 is 35.9. The summed E-state index contributed by atoms with van der Waals surface area (Å²) in [5, 5.41) is -0.411. The maximum atomic E-state index is 12.0. The van der Waals surface area contributed by atoms with E-state index in [1.54, 1.807) is 13.8 Å². The van der Waals surface area contributed by atoms with E-state index in [-0.39, 0.29) is 0 Å². The summed E-state index contributed by atoms with van der Waals surface area (Å²) in [4.78, 5) is 0. The third-order valence-electron chi connectivity index (χ3n) is 2.33. The second-order valence-corrected chi connectivity index (χ2v) is 6.38. The van der Waals surface area contributed by atoms with Gasteiger partial charge in [0.05, 0.1) is 18.5 Å². The first-order valence-corrected chi connectivity index (χ1v) is 7.61. The third-order valence-corrected chi connectivity index (χ3v) is 4.61. The molecule has 0 aromatic rings. The lowest BCUT2D eigenvalue weighted by molar-refractivity contribution is 0.110. The SMILES string of the molecule is CCOCCN(CCOCC)S(=O)(=O)C(C)C. The Hall–Kier alpha value is -0.170. The van der Waals surface area contributed by atoms with Crippen molar-refractivity contribution < 1.29 is 17.9 Å². The molecule has 0 saturated heterocycles. The molecule has 0 aliphatic carbocycles. The lowest BCUT2D eigenvalue weighted by Crippen LogP contribution is -2.40. The van der Waals surface area contributed by atoms with Gasteiger partial charge in [0.15, 0.2) is 0 Å². The molecule has 0 unspecified atom stereocenters. The van der Waals surface area contributed by atoms with E-state index < -0.39 is 15.3 Å². The van der Waals surface area contributed by atoms with E-state index in [1.165, 1.54) is 4.31 Å². The van der Waals surface area contributed by atoms with Gasteiger partial charge in [-0.25, -0.2) is 8.42 Å². The fourth-order valence-corrected chi connectivity index (χ4v) is 2.54.